The third kappa shape index (κ3) is 3.35. The first-order valence-electron chi connectivity index (χ1n) is 6.71. The van der Waals surface area contributed by atoms with Gasteiger partial charge in [-0.15, -0.1) is 0 Å². The molecule has 0 bridgehead atoms. The molecule has 2 aromatic rings. The van der Waals surface area contributed by atoms with Crippen LogP contribution in [0.4, 0.5) is 4.79 Å². The Hall–Kier alpha value is -2.36. The van der Waals surface area contributed by atoms with E-state index in [0.717, 1.165) is 16.8 Å². The first-order chi connectivity index (χ1) is 9.74. The lowest BCUT2D eigenvalue weighted by Crippen LogP contribution is -2.37. The highest BCUT2D eigenvalue weighted by Gasteiger charge is 2.10. The second-order valence-corrected chi connectivity index (χ2v) is 4.48. The lowest BCUT2D eigenvalue weighted by molar-refractivity contribution is 0.200. The zero-order chi connectivity index (χ0) is 14.4. The maximum Gasteiger partial charge on any atom is 0.317 e. The summed E-state index contributed by atoms with van der Waals surface area (Å²) in [5, 5.41) is 2.66. The molecule has 0 saturated heterocycles. The average molecular weight is 269 g/mol. The van der Waals surface area contributed by atoms with Crippen LogP contribution in [0.5, 0.6) is 0 Å². The molecule has 4 heteroatoms. The zero-order valence-corrected chi connectivity index (χ0v) is 11.8. The number of amides is 2. The molecule has 0 spiro atoms. The summed E-state index contributed by atoms with van der Waals surface area (Å²) in [4.78, 5) is 17.8. The Morgan fingerprint density at radius 1 is 1.25 bits per heavy atom. The topological polar surface area (TPSA) is 45.2 Å². The molecule has 0 unspecified atom stereocenters. The minimum Gasteiger partial charge on any atom is -0.341 e. The molecule has 1 N–H and O–H groups in total. The summed E-state index contributed by atoms with van der Waals surface area (Å²) in [5.41, 5.74) is 3.10. The number of carbonyl (C=O) groups is 1. The summed E-state index contributed by atoms with van der Waals surface area (Å²) in [6, 6.07) is 13.9. The van der Waals surface area contributed by atoms with Gasteiger partial charge in [0.1, 0.15) is 0 Å². The van der Waals surface area contributed by atoms with Gasteiger partial charge in [-0.05, 0) is 30.7 Å². The molecule has 0 radical (unpaired) electrons. The predicted molar refractivity (Wildman–Crippen MR) is 80.2 cm³/mol. The number of benzene rings is 1. The minimum atomic E-state index is -0.0595. The van der Waals surface area contributed by atoms with Gasteiger partial charge in [-0.25, -0.2) is 4.79 Å². The largest absolute Gasteiger partial charge is 0.341 e. The van der Waals surface area contributed by atoms with Crippen molar-refractivity contribution in [3.05, 3.63) is 54.2 Å². The molecule has 0 aliphatic rings. The second kappa shape index (κ2) is 6.70. The Bertz CT molecular complexity index is 569. The molecular formula is C16H19N3O. The van der Waals surface area contributed by atoms with Crippen molar-refractivity contribution < 1.29 is 4.79 Å². The third-order valence-electron chi connectivity index (χ3n) is 3.14. The maximum absolute atomic E-state index is 11.7. The quantitative estimate of drug-likeness (QED) is 0.927. The van der Waals surface area contributed by atoms with Crippen LogP contribution in [0.3, 0.4) is 0 Å². The van der Waals surface area contributed by atoms with E-state index in [1.54, 1.807) is 18.1 Å². The summed E-state index contributed by atoms with van der Waals surface area (Å²) in [6.07, 6.45) is 1.78. The fraction of sp³-hybridized carbons (Fsp3) is 0.250. The maximum atomic E-state index is 11.7. The van der Waals surface area contributed by atoms with Gasteiger partial charge in [0, 0.05) is 31.9 Å². The van der Waals surface area contributed by atoms with Crippen LogP contribution in [-0.2, 0) is 6.54 Å². The molecule has 0 saturated carbocycles. The Morgan fingerprint density at radius 2 is 2.10 bits per heavy atom. The van der Waals surface area contributed by atoms with Crippen molar-refractivity contribution in [3.8, 4) is 11.3 Å². The van der Waals surface area contributed by atoms with Crippen molar-refractivity contribution in [1.29, 1.82) is 0 Å². The van der Waals surface area contributed by atoms with E-state index in [9.17, 15) is 4.79 Å². The van der Waals surface area contributed by atoms with Gasteiger partial charge in [0.15, 0.2) is 0 Å². The van der Waals surface area contributed by atoms with Gasteiger partial charge < -0.3 is 10.2 Å². The molecule has 0 fully saturated rings. The molecular weight excluding hydrogens is 250 g/mol. The van der Waals surface area contributed by atoms with E-state index >= 15 is 0 Å². The molecule has 0 aliphatic heterocycles. The van der Waals surface area contributed by atoms with E-state index in [4.69, 9.17) is 0 Å². The number of hydrogen-bond acceptors (Lipinski definition) is 2. The van der Waals surface area contributed by atoms with Crippen LogP contribution in [0.15, 0.2) is 48.7 Å². The van der Waals surface area contributed by atoms with E-state index < -0.39 is 0 Å². The van der Waals surface area contributed by atoms with Crippen LogP contribution < -0.4 is 5.32 Å². The van der Waals surface area contributed by atoms with Crippen LogP contribution in [0, 0.1) is 0 Å². The number of nitrogens with one attached hydrogen (secondary N) is 1. The van der Waals surface area contributed by atoms with Crippen molar-refractivity contribution in [2.75, 3.05) is 13.6 Å². The van der Waals surface area contributed by atoms with Crippen molar-refractivity contribution in [3.63, 3.8) is 0 Å². The van der Waals surface area contributed by atoms with Crippen molar-refractivity contribution in [2.45, 2.75) is 13.5 Å². The van der Waals surface area contributed by atoms with Gasteiger partial charge in [0.2, 0.25) is 0 Å². The molecule has 1 aromatic carbocycles. The van der Waals surface area contributed by atoms with Crippen molar-refractivity contribution in [2.24, 2.45) is 0 Å². The Balaban J connectivity index is 2.20. The van der Waals surface area contributed by atoms with Gasteiger partial charge in [-0.2, -0.15) is 0 Å². The normalized spacial score (nSPS) is 10.1. The highest BCUT2D eigenvalue weighted by Crippen LogP contribution is 2.18. The highest BCUT2D eigenvalue weighted by molar-refractivity contribution is 5.73. The Kier molecular flexibility index (Phi) is 4.71. The molecule has 104 valence electrons. The molecule has 2 rings (SSSR count). The lowest BCUT2D eigenvalue weighted by Gasteiger charge is -2.20. The molecule has 4 nitrogen and oxygen atoms in total. The average Bonchev–Trinajstić information content (AvgIpc) is 2.53. The van der Waals surface area contributed by atoms with Crippen LogP contribution in [0.2, 0.25) is 0 Å². The van der Waals surface area contributed by atoms with E-state index in [1.807, 2.05) is 43.3 Å². The highest BCUT2D eigenvalue weighted by atomic mass is 16.2. The Morgan fingerprint density at radius 3 is 2.75 bits per heavy atom. The first kappa shape index (κ1) is 14.1. The Labute approximate surface area is 119 Å². The van der Waals surface area contributed by atoms with E-state index in [0.29, 0.717) is 13.1 Å². The van der Waals surface area contributed by atoms with E-state index in [1.165, 1.54) is 0 Å². The van der Waals surface area contributed by atoms with Gasteiger partial charge in [-0.1, -0.05) is 24.3 Å². The number of pyridine rings is 1. The molecule has 20 heavy (non-hydrogen) atoms. The minimum absolute atomic E-state index is 0.0595. The third-order valence-corrected chi connectivity index (χ3v) is 3.14. The summed E-state index contributed by atoms with van der Waals surface area (Å²) < 4.78 is 0. The van der Waals surface area contributed by atoms with Crippen molar-refractivity contribution in [1.82, 2.24) is 15.2 Å². The molecule has 0 aliphatic carbocycles. The molecule has 0 atom stereocenters. The van der Waals surface area contributed by atoms with Crippen LogP contribution in [0.1, 0.15) is 12.5 Å². The number of urea groups is 1. The van der Waals surface area contributed by atoms with Crippen LogP contribution in [0.25, 0.3) is 11.3 Å². The van der Waals surface area contributed by atoms with Gasteiger partial charge in [0.05, 0.1) is 5.69 Å². The number of aromatic nitrogens is 1. The first-order valence-corrected chi connectivity index (χ1v) is 6.71. The number of nitrogens with zero attached hydrogens (tertiary/aromatic N) is 2. The molecule has 1 aromatic heterocycles. The second-order valence-electron chi connectivity index (χ2n) is 4.48. The fourth-order valence-corrected chi connectivity index (χ4v) is 2.07. The smallest absolute Gasteiger partial charge is 0.317 e. The summed E-state index contributed by atoms with van der Waals surface area (Å²) in [7, 11) is 1.65. The van der Waals surface area contributed by atoms with E-state index in [2.05, 4.69) is 16.4 Å². The van der Waals surface area contributed by atoms with Crippen LogP contribution in [-0.4, -0.2) is 29.5 Å². The SMILES string of the molecule is CCN(Cc1cccc(-c2ccccn2)c1)C(=O)NC. The predicted octanol–water partition coefficient (Wildman–Crippen LogP) is 2.91. The summed E-state index contributed by atoms with van der Waals surface area (Å²) in [5.74, 6) is 0. The number of carbonyl (C=O) groups excluding carboxylic acids is 1. The lowest BCUT2D eigenvalue weighted by atomic mass is 10.1. The van der Waals surface area contributed by atoms with Gasteiger partial charge in [0.25, 0.3) is 0 Å². The monoisotopic (exact) mass is 269 g/mol. The summed E-state index contributed by atoms with van der Waals surface area (Å²) >= 11 is 0. The fourth-order valence-electron chi connectivity index (χ4n) is 2.07. The molecule has 2 amide bonds. The number of rotatable bonds is 4. The standard InChI is InChI=1S/C16H19N3O/c1-3-19(16(20)17-2)12-13-7-6-8-14(11-13)15-9-4-5-10-18-15/h4-11H,3,12H2,1-2H3,(H,17,20). The zero-order valence-electron chi connectivity index (χ0n) is 11.8. The van der Waals surface area contributed by atoms with Gasteiger partial charge in [-0.3, -0.25) is 4.98 Å². The summed E-state index contributed by atoms with van der Waals surface area (Å²) in [6.45, 7) is 3.24. The van der Waals surface area contributed by atoms with E-state index in [-0.39, 0.29) is 6.03 Å². The van der Waals surface area contributed by atoms with Gasteiger partial charge >= 0.3 is 6.03 Å². The molecule has 1 heterocycles. The van der Waals surface area contributed by atoms with Crippen molar-refractivity contribution >= 4 is 6.03 Å². The van der Waals surface area contributed by atoms with Crippen LogP contribution >= 0.6 is 0 Å². The number of hydrogen-bond donors (Lipinski definition) is 1.